The first-order valence-corrected chi connectivity index (χ1v) is 5.46. The van der Waals surface area contributed by atoms with E-state index in [1.807, 2.05) is 32.0 Å². The summed E-state index contributed by atoms with van der Waals surface area (Å²) in [7, 11) is 0. The summed E-state index contributed by atoms with van der Waals surface area (Å²) in [5, 5.41) is 8.98. The molecular weight excluding hydrogens is 224 g/mol. The Morgan fingerprint density at radius 3 is 2.75 bits per heavy atom. The summed E-state index contributed by atoms with van der Waals surface area (Å²) in [6.45, 7) is 3.89. The highest BCUT2D eigenvalue weighted by molar-refractivity contribution is 6.99. The fraction of sp³-hybridized carbons (Fsp3) is 0.182. The molecular formula is C11H10N2O2S. The smallest absolute Gasteiger partial charge is 0.357 e. The van der Waals surface area contributed by atoms with Crippen molar-refractivity contribution in [2.24, 2.45) is 0 Å². The lowest BCUT2D eigenvalue weighted by Gasteiger charge is -2.04. The van der Waals surface area contributed by atoms with Gasteiger partial charge in [0.05, 0.1) is 11.7 Å². The SMILES string of the molecule is Cc1ccc(C)c(-c2nsnc2C(=O)O)c1. The third-order valence-electron chi connectivity index (χ3n) is 2.34. The van der Waals surface area contributed by atoms with Gasteiger partial charge in [0, 0.05) is 5.56 Å². The number of hydrogen-bond donors (Lipinski definition) is 1. The molecule has 2 aromatic rings. The zero-order valence-electron chi connectivity index (χ0n) is 8.89. The summed E-state index contributed by atoms with van der Waals surface area (Å²) < 4.78 is 7.85. The predicted octanol–water partition coefficient (Wildman–Crippen LogP) is 2.52. The highest BCUT2D eigenvalue weighted by Crippen LogP contribution is 2.26. The van der Waals surface area contributed by atoms with E-state index in [9.17, 15) is 4.79 Å². The first-order chi connectivity index (χ1) is 7.59. The van der Waals surface area contributed by atoms with E-state index in [2.05, 4.69) is 8.75 Å². The molecule has 16 heavy (non-hydrogen) atoms. The summed E-state index contributed by atoms with van der Waals surface area (Å²) in [5.41, 5.74) is 3.40. The van der Waals surface area contributed by atoms with Crippen molar-refractivity contribution in [2.45, 2.75) is 13.8 Å². The molecule has 0 saturated carbocycles. The molecule has 0 aliphatic heterocycles. The quantitative estimate of drug-likeness (QED) is 0.867. The first-order valence-electron chi connectivity index (χ1n) is 4.73. The first kappa shape index (κ1) is 10.8. The molecule has 0 fully saturated rings. The van der Waals surface area contributed by atoms with Gasteiger partial charge in [-0.3, -0.25) is 0 Å². The molecule has 0 atom stereocenters. The van der Waals surface area contributed by atoms with Gasteiger partial charge in [0.1, 0.15) is 5.69 Å². The minimum atomic E-state index is -1.04. The van der Waals surface area contributed by atoms with Gasteiger partial charge < -0.3 is 5.11 Å². The molecule has 0 unspecified atom stereocenters. The average Bonchev–Trinajstić information content (AvgIpc) is 2.70. The van der Waals surface area contributed by atoms with Crippen LogP contribution in [0.25, 0.3) is 11.3 Å². The second-order valence-electron chi connectivity index (χ2n) is 3.58. The zero-order valence-corrected chi connectivity index (χ0v) is 9.71. The van der Waals surface area contributed by atoms with Gasteiger partial charge in [0.15, 0.2) is 5.69 Å². The predicted molar refractivity (Wildman–Crippen MR) is 61.8 cm³/mol. The van der Waals surface area contributed by atoms with E-state index in [1.165, 1.54) is 0 Å². The second-order valence-corrected chi connectivity index (χ2v) is 4.11. The van der Waals surface area contributed by atoms with Crippen LogP contribution in [0.15, 0.2) is 18.2 Å². The van der Waals surface area contributed by atoms with Crippen LogP contribution in [-0.4, -0.2) is 19.8 Å². The van der Waals surface area contributed by atoms with Crippen molar-refractivity contribution >= 4 is 17.7 Å². The molecule has 0 radical (unpaired) electrons. The molecule has 0 amide bonds. The standard InChI is InChI=1S/C11H10N2O2S/c1-6-3-4-7(2)8(5-6)9-10(11(14)15)13-16-12-9/h3-5H,1-2H3,(H,14,15). The molecule has 1 aromatic heterocycles. The Hall–Kier alpha value is -1.75. The highest BCUT2D eigenvalue weighted by Gasteiger charge is 2.18. The molecule has 0 spiro atoms. The molecule has 1 N–H and O–H groups in total. The van der Waals surface area contributed by atoms with Crippen LogP contribution in [0.2, 0.25) is 0 Å². The lowest BCUT2D eigenvalue weighted by atomic mass is 10.0. The minimum Gasteiger partial charge on any atom is -0.476 e. The van der Waals surface area contributed by atoms with Gasteiger partial charge in [-0.15, -0.1) is 0 Å². The summed E-state index contributed by atoms with van der Waals surface area (Å²) in [5.74, 6) is -1.04. The Morgan fingerprint density at radius 1 is 1.31 bits per heavy atom. The monoisotopic (exact) mass is 234 g/mol. The molecule has 2 rings (SSSR count). The van der Waals surface area contributed by atoms with E-state index in [0.29, 0.717) is 5.69 Å². The molecule has 82 valence electrons. The van der Waals surface area contributed by atoms with Crippen LogP contribution in [-0.2, 0) is 0 Å². The van der Waals surface area contributed by atoms with Gasteiger partial charge in [-0.2, -0.15) is 8.75 Å². The highest BCUT2D eigenvalue weighted by atomic mass is 32.1. The number of benzene rings is 1. The number of aromatic nitrogens is 2. The third kappa shape index (κ3) is 1.81. The Bertz CT molecular complexity index is 549. The topological polar surface area (TPSA) is 63.1 Å². The summed E-state index contributed by atoms with van der Waals surface area (Å²) >= 11 is 0.923. The molecule has 0 aliphatic carbocycles. The van der Waals surface area contributed by atoms with Gasteiger partial charge in [0.2, 0.25) is 0 Å². The fourth-order valence-corrected chi connectivity index (χ4v) is 2.05. The summed E-state index contributed by atoms with van der Waals surface area (Å²) in [6, 6.07) is 5.87. The normalized spacial score (nSPS) is 10.4. The lowest BCUT2D eigenvalue weighted by Crippen LogP contribution is -2.00. The van der Waals surface area contributed by atoms with Crippen molar-refractivity contribution in [3.05, 3.63) is 35.0 Å². The molecule has 0 bridgehead atoms. The van der Waals surface area contributed by atoms with E-state index in [1.54, 1.807) is 0 Å². The summed E-state index contributed by atoms with van der Waals surface area (Å²) in [6.07, 6.45) is 0. The van der Waals surface area contributed by atoms with Gasteiger partial charge >= 0.3 is 5.97 Å². The Balaban J connectivity index is 2.62. The average molecular weight is 234 g/mol. The molecule has 0 saturated heterocycles. The number of carbonyl (C=O) groups is 1. The molecule has 5 heteroatoms. The van der Waals surface area contributed by atoms with Crippen molar-refractivity contribution in [1.29, 1.82) is 0 Å². The Morgan fingerprint density at radius 2 is 2.06 bits per heavy atom. The molecule has 4 nitrogen and oxygen atoms in total. The molecule has 1 heterocycles. The lowest BCUT2D eigenvalue weighted by molar-refractivity contribution is 0.0692. The maximum absolute atomic E-state index is 11.0. The largest absolute Gasteiger partial charge is 0.476 e. The van der Waals surface area contributed by atoms with Crippen LogP contribution < -0.4 is 0 Å². The van der Waals surface area contributed by atoms with E-state index in [-0.39, 0.29) is 5.69 Å². The number of rotatable bonds is 2. The van der Waals surface area contributed by atoms with Crippen molar-refractivity contribution in [1.82, 2.24) is 8.75 Å². The number of aryl methyl sites for hydroxylation is 2. The number of carboxylic acid groups (broad SMARTS) is 1. The van der Waals surface area contributed by atoms with Crippen LogP contribution >= 0.6 is 11.7 Å². The van der Waals surface area contributed by atoms with E-state index in [0.717, 1.165) is 28.4 Å². The van der Waals surface area contributed by atoms with Crippen LogP contribution in [0.1, 0.15) is 21.6 Å². The van der Waals surface area contributed by atoms with Gasteiger partial charge in [0.25, 0.3) is 0 Å². The molecule has 1 aromatic carbocycles. The van der Waals surface area contributed by atoms with E-state index in [4.69, 9.17) is 5.11 Å². The van der Waals surface area contributed by atoms with Crippen LogP contribution in [0.5, 0.6) is 0 Å². The summed E-state index contributed by atoms with van der Waals surface area (Å²) in [4.78, 5) is 11.0. The van der Waals surface area contributed by atoms with Crippen molar-refractivity contribution in [2.75, 3.05) is 0 Å². The number of aromatic carboxylic acids is 1. The fourth-order valence-electron chi connectivity index (χ4n) is 1.50. The van der Waals surface area contributed by atoms with Crippen LogP contribution in [0, 0.1) is 13.8 Å². The maximum Gasteiger partial charge on any atom is 0.357 e. The maximum atomic E-state index is 11.0. The van der Waals surface area contributed by atoms with Gasteiger partial charge in [-0.25, -0.2) is 4.79 Å². The van der Waals surface area contributed by atoms with Gasteiger partial charge in [-0.05, 0) is 25.5 Å². The van der Waals surface area contributed by atoms with Crippen molar-refractivity contribution < 1.29 is 9.90 Å². The van der Waals surface area contributed by atoms with E-state index >= 15 is 0 Å². The van der Waals surface area contributed by atoms with E-state index < -0.39 is 5.97 Å². The number of hydrogen-bond acceptors (Lipinski definition) is 4. The van der Waals surface area contributed by atoms with Gasteiger partial charge in [-0.1, -0.05) is 17.7 Å². The van der Waals surface area contributed by atoms with Crippen molar-refractivity contribution in [3.8, 4) is 11.3 Å². The molecule has 0 aliphatic rings. The third-order valence-corrected chi connectivity index (χ3v) is 2.87. The number of nitrogens with zero attached hydrogens (tertiary/aromatic N) is 2. The van der Waals surface area contributed by atoms with Crippen molar-refractivity contribution in [3.63, 3.8) is 0 Å². The van der Waals surface area contributed by atoms with Crippen LogP contribution in [0.4, 0.5) is 0 Å². The number of carboxylic acids is 1. The Kier molecular flexibility index (Phi) is 2.70. The minimum absolute atomic E-state index is 0.0266. The van der Waals surface area contributed by atoms with Crippen LogP contribution in [0.3, 0.4) is 0 Å². The Labute approximate surface area is 96.9 Å². The second kappa shape index (κ2) is 4.02. The zero-order chi connectivity index (χ0) is 11.7.